The van der Waals surface area contributed by atoms with Gasteiger partial charge in [-0.25, -0.2) is 0 Å². The summed E-state index contributed by atoms with van der Waals surface area (Å²) in [5.41, 5.74) is 2.27. The van der Waals surface area contributed by atoms with Crippen molar-refractivity contribution in [1.29, 1.82) is 0 Å². The standard InChI is InChI=1S/C22H30N4O2.HI/c1-23-22(24-15-13-19-11-7-8-12-20(19)28-3)25-16-14-21(27)26(2)17-18-9-5-4-6-10-18;/h4-12H,13-17H2,1-3H3,(H2,23,24,25);1H. The number of hydrogen-bond donors (Lipinski definition) is 2. The molecule has 0 aliphatic rings. The number of aliphatic imine (C=N–C) groups is 1. The van der Waals surface area contributed by atoms with E-state index in [1.807, 2.05) is 55.6 Å². The summed E-state index contributed by atoms with van der Waals surface area (Å²) < 4.78 is 5.37. The first-order chi connectivity index (χ1) is 13.6. The zero-order valence-corrected chi connectivity index (χ0v) is 19.7. The highest BCUT2D eigenvalue weighted by Crippen LogP contribution is 2.17. The summed E-state index contributed by atoms with van der Waals surface area (Å²) in [6, 6.07) is 18.0. The second-order valence-electron chi connectivity index (χ2n) is 6.47. The summed E-state index contributed by atoms with van der Waals surface area (Å²) in [6.45, 7) is 1.87. The van der Waals surface area contributed by atoms with E-state index >= 15 is 0 Å². The molecule has 0 atom stereocenters. The molecule has 2 aromatic carbocycles. The SMILES string of the molecule is CN=C(NCCC(=O)N(C)Cc1ccccc1)NCCc1ccccc1OC.I. The quantitative estimate of drug-likeness (QED) is 0.309. The van der Waals surface area contributed by atoms with Crippen LogP contribution in [0.2, 0.25) is 0 Å². The summed E-state index contributed by atoms with van der Waals surface area (Å²) in [5.74, 6) is 1.67. The Hall–Kier alpha value is -2.29. The maximum absolute atomic E-state index is 12.3. The summed E-state index contributed by atoms with van der Waals surface area (Å²) in [4.78, 5) is 18.3. The minimum atomic E-state index is 0. The number of carbonyl (C=O) groups excluding carboxylic acids is 1. The third-order valence-electron chi connectivity index (χ3n) is 4.42. The Morgan fingerprint density at radius 1 is 1.03 bits per heavy atom. The van der Waals surface area contributed by atoms with Gasteiger partial charge in [-0.2, -0.15) is 0 Å². The molecule has 0 unspecified atom stereocenters. The molecule has 0 aliphatic carbocycles. The topological polar surface area (TPSA) is 66.0 Å². The molecule has 2 aromatic rings. The highest BCUT2D eigenvalue weighted by atomic mass is 127. The number of guanidine groups is 1. The third-order valence-corrected chi connectivity index (χ3v) is 4.42. The lowest BCUT2D eigenvalue weighted by atomic mass is 10.1. The number of carbonyl (C=O) groups is 1. The van der Waals surface area contributed by atoms with Crippen molar-refractivity contribution < 1.29 is 9.53 Å². The number of ether oxygens (including phenoxy) is 1. The highest BCUT2D eigenvalue weighted by Gasteiger charge is 2.09. The Kier molecular flexibility index (Phi) is 11.8. The molecule has 0 aliphatic heterocycles. The van der Waals surface area contributed by atoms with Crippen LogP contribution in [0.5, 0.6) is 5.75 Å². The number of amides is 1. The molecule has 0 saturated heterocycles. The van der Waals surface area contributed by atoms with Crippen molar-refractivity contribution in [1.82, 2.24) is 15.5 Å². The van der Waals surface area contributed by atoms with Crippen LogP contribution in [0.4, 0.5) is 0 Å². The number of benzene rings is 2. The molecular formula is C22H31IN4O2. The first kappa shape index (κ1) is 24.7. The smallest absolute Gasteiger partial charge is 0.224 e. The molecule has 0 fully saturated rings. The predicted octanol–water partition coefficient (Wildman–Crippen LogP) is 3.07. The fourth-order valence-corrected chi connectivity index (χ4v) is 2.87. The zero-order chi connectivity index (χ0) is 20.2. The molecule has 7 heteroatoms. The average Bonchev–Trinajstić information content (AvgIpc) is 2.73. The van der Waals surface area contributed by atoms with Gasteiger partial charge in [0.05, 0.1) is 7.11 Å². The van der Waals surface area contributed by atoms with Crippen LogP contribution < -0.4 is 15.4 Å². The minimum absolute atomic E-state index is 0. The number of hydrogen-bond acceptors (Lipinski definition) is 3. The van der Waals surface area contributed by atoms with Crippen molar-refractivity contribution in [2.24, 2.45) is 4.99 Å². The monoisotopic (exact) mass is 510 g/mol. The van der Waals surface area contributed by atoms with Crippen molar-refractivity contribution in [3.63, 3.8) is 0 Å². The van der Waals surface area contributed by atoms with Gasteiger partial charge in [0, 0.05) is 40.2 Å². The number of para-hydroxylation sites is 1. The van der Waals surface area contributed by atoms with E-state index < -0.39 is 0 Å². The van der Waals surface area contributed by atoms with Crippen molar-refractivity contribution in [2.75, 3.05) is 34.3 Å². The predicted molar refractivity (Wildman–Crippen MR) is 129 cm³/mol. The lowest BCUT2D eigenvalue weighted by molar-refractivity contribution is -0.130. The molecule has 0 radical (unpaired) electrons. The Bertz CT molecular complexity index is 768. The Morgan fingerprint density at radius 2 is 1.69 bits per heavy atom. The van der Waals surface area contributed by atoms with E-state index in [-0.39, 0.29) is 29.9 Å². The van der Waals surface area contributed by atoms with Crippen LogP contribution in [0.3, 0.4) is 0 Å². The fraction of sp³-hybridized carbons (Fsp3) is 0.364. The molecule has 0 heterocycles. The van der Waals surface area contributed by atoms with Crippen LogP contribution in [-0.2, 0) is 17.8 Å². The first-order valence-electron chi connectivity index (χ1n) is 9.48. The molecule has 0 saturated carbocycles. The second-order valence-corrected chi connectivity index (χ2v) is 6.47. The maximum atomic E-state index is 12.3. The van der Waals surface area contributed by atoms with Crippen LogP contribution in [0, 0.1) is 0 Å². The van der Waals surface area contributed by atoms with Crippen molar-refractivity contribution >= 4 is 35.8 Å². The van der Waals surface area contributed by atoms with Gasteiger partial charge in [0.1, 0.15) is 5.75 Å². The Balaban J connectivity index is 0.00000420. The molecule has 0 spiro atoms. The third kappa shape index (κ3) is 8.72. The lowest BCUT2D eigenvalue weighted by Gasteiger charge is -2.18. The fourth-order valence-electron chi connectivity index (χ4n) is 2.87. The molecule has 6 nitrogen and oxygen atoms in total. The number of halogens is 1. The van der Waals surface area contributed by atoms with Gasteiger partial charge in [-0.05, 0) is 23.6 Å². The molecule has 1 amide bonds. The second kappa shape index (κ2) is 13.8. The zero-order valence-electron chi connectivity index (χ0n) is 17.4. The summed E-state index contributed by atoms with van der Waals surface area (Å²) >= 11 is 0. The number of nitrogens with zero attached hydrogens (tertiary/aromatic N) is 2. The normalized spacial score (nSPS) is 10.7. The van der Waals surface area contributed by atoms with Gasteiger partial charge >= 0.3 is 0 Å². The molecular weight excluding hydrogens is 479 g/mol. The number of nitrogens with one attached hydrogen (secondary N) is 2. The van der Waals surface area contributed by atoms with Gasteiger partial charge in [0.15, 0.2) is 5.96 Å². The van der Waals surface area contributed by atoms with E-state index in [0.717, 1.165) is 29.8 Å². The summed E-state index contributed by atoms with van der Waals surface area (Å²) in [6.07, 6.45) is 1.24. The molecule has 0 aromatic heterocycles. The molecule has 2 N–H and O–H groups in total. The van der Waals surface area contributed by atoms with E-state index in [4.69, 9.17) is 4.74 Å². The van der Waals surface area contributed by atoms with Crippen molar-refractivity contribution in [2.45, 2.75) is 19.4 Å². The van der Waals surface area contributed by atoms with E-state index in [1.165, 1.54) is 0 Å². The van der Waals surface area contributed by atoms with Crippen LogP contribution in [-0.4, -0.2) is 51.1 Å². The van der Waals surface area contributed by atoms with E-state index in [0.29, 0.717) is 25.5 Å². The van der Waals surface area contributed by atoms with Gasteiger partial charge in [-0.3, -0.25) is 9.79 Å². The first-order valence-corrected chi connectivity index (χ1v) is 9.48. The van der Waals surface area contributed by atoms with E-state index in [1.54, 1.807) is 19.1 Å². The largest absolute Gasteiger partial charge is 0.496 e. The van der Waals surface area contributed by atoms with Gasteiger partial charge < -0.3 is 20.3 Å². The lowest BCUT2D eigenvalue weighted by Crippen LogP contribution is -2.40. The molecule has 2 rings (SSSR count). The molecule has 0 bridgehead atoms. The van der Waals surface area contributed by atoms with Crippen LogP contribution in [0.25, 0.3) is 0 Å². The van der Waals surface area contributed by atoms with Crippen molar-refractivity contribution in [3.05, 3.63) is 65.7 Å². The van der Waals surface area contributed by atoms with Crippen LogP contribution in [0.1, 0.15) is 17.5 Å². The average molecular weight is 510 g/mol. The number of methoxy groups -OCH3 is 1. The molecule has 29 heavy (non-hydrogen) atoms. The summed E-state index contributed by atoms with van der Waals surface area (Å²) in [5, 5.41) is 6.46. The van der Waals surface area contributed by atoms with Crippen LogP contribution >= 0.6 is 24.0 Å². The molecule has 158 valence electrons. The van der Waals surface area contributed by atoms with E-state index in [2.05, 4.69) is 21.7 Å². The minimum Gasteiger partial charge on any atom is -0.496 e. The maximum Gasteiger partial charge on any atom is 0.224 e. The van der Waals surface area contributed by atoms with Crippen LogP contribution in [0.15, 0.2) is 59.6 Å². The van der Waals surface area contributed by atoms with Gasteiger partial charge in [-0.15, -0.1) is 24.0 Å². The Labute approximate surface area is 190 Å². The Morgan fingerprint density at radius 3 is 2.38 bits per heavy atom. The highest BCUT2D eigenvalue weighted by molar-refractivity contribution is 14.0. The number of rotatable bonds is 9. The van der Waals surface area contributed by atoms with Gasteiger partial charge in [0.2, 0.25) is 5.91 Å². The van der Waals surface area contributed by atoms with E-state index in [9.17, 15) is 4.79 Å². The van der Waals surface area contributed by atoms with Gasteiger partial charge in [-0.1, -0.05) is 48.5 Å². The van der Waals surface area contributed by atoms with Gasteiger partial charge in [0.25, 0.3) is 0 Å². The van der Waals surface area contributed by atoms with Crippen molar-refractivity contribution in [3.8, 4) is 5.75 Å². The summed E-state index contributed by atoms with van der Waals surface area (Å²) in [7, 11) is 5.23.